The molecule has 0 radical (unpaired) electrons. The monoisotopic (exact) mass is 1020 g/mol. The number of ether oxygens (including phenoxy) is 2. The molecule has 0 aromatic heterocycles. The van der Waals surface area contributed by atoms with E-state index in [2.05, 4.69) is 188 Å². The Kier molecular flexibility index (Phi) is 21.6. The van der Waals surface area contributed by atoms with Crippen molar-refractivity contribution in [3.05, 3.63) is 47.6 Å². The van der Waals surface area contributed by atoms with E-state index in [1.807, 2.05) is 19.9 Å². The molecule has 8 nitrogen and oxygen atoms in total. The van der Waals surface area contributed by atoms with Crippen molar-refractivity contribution >= 4 is 45.0 Å². The summed E-state index contributed by atoms with van der Waals surface area (Å²) in [5, 5.41) is -0.495. The lowest BCUT2D eigenvalue weighted by Gasteiger charge is -2.48. The van der Waals surface area contributed by atoms with Crippen LogP contribution in [0.5, 0.6) is 0 Å². The lowest BCUT2D eigenvalue weighted by Crippen LogP contribution is -2.57. The SMILES string of the molecule is C=C1/C=C(\C)[C@](C)(O[Si](C)(C)C(C)(C)C)C[C@H](O[Si](C)(C)C(C)(C)C)CC(=O)[C@H](O[Si](C)(C)C(C)(C)C)[C@@H](O[Si](C)(C)C(C)(C)C)[C@H](C)C[C@H](C)OC(=O)/C(C)=C/CC/C=C/[C@@H]2O[C@H]2C[C@H](C)C1. The Labute approximate surface area is 423 Å². The van der Waals surface area contributed by atoms with Gasteiger partial charge in [-0.15, -0.1) is 0 Å². The van der Waals surface area contributed by atoms with Crippen LogP contribution in [-0.2, 0) is 36.8 Å². The van der Waals surface area contributed by atoms with Crippen LogP contribution in [-0.4, -0.2) is 87.2 Å². The molecule has 0 bridgehead atoms. The number of esters is 1. The second kappa shape index (κ2) is 23.3. The third-order valence-electron chi connectivity index (χ3n) is 16.8. The van der Waals surface area contributed by atoms with E-state index in [4.69, 9.17) is 27.2 Å². The molecule has 0 aromatic rings. The minimum atomic E-state index is -2.60. The highest BCUT2D eigenvalue weighted by Crippen LogP contribution is 2.47. The van der Waals surface area contributed by atoms with E-state index < -0.39 is 63.3 Å². The average Bonchev–Trinajstić information content (AvgIpc) is 3.86. The molecule has 12 heteroatoms. The van der Waals surface area contributed by atoms with Crippen molar-refractivity contribution in [3.8, 4) is 0 Å². The Hall–Kier alpha value is -1.23. The van der Waals surface area contributed by atoms with Gasteiger partial charge in [0.25, 0.3) is 0 Å². The molecule has 2 rings (SSSR count). The highest BCUT2D eigenvalue weighted by molar-refractivity contribution is 6.75. The van der Waals surface area contributed by atoms with Gasteiger partial charge in [-0.25, -0.2) is 4.79 Å². The summed E-state index contributed by atoms with van der Waals surface area (Å²) < 4.78 is 42.3. The molecule has 0 unspecified atom stereocenters. The first-order valence-corrected chi connectivity index (χ1v) is 37.8. The highest BCUT2D eigenvalue weighted by Gasteiger charge is 2.51. The summed E-state index contributed by atoms with van der Waals surface area (Å²) in [6.07, 6.45) is 11.0. The van der Waals surface area contributed by atoms with E-state index in [0.717, 1.165) is 36.8 Å². The van der Waals surface area contributed by atoms with Gasteiger partial charge in [0.2, 0.25) is 0 Å². The summed E-state index contributed by atoms with van der Waals surface area (Å²) in [6, 6.07) is 0. The summed E-state index contributed by atoms with van der Waals surface area (Å²) in [7, 11) is -9.98. The number of Topliss-reactive ketones (excluding diaryl/α,β-unsaturated/α-hetero) is 1. The predicted molar refractivity (Wildman–Crippen MR) is 299 cm³/mol. The van der Waals surface area contributed by atoms with Gasteiger partial charge in [-0.05, 0) is 150 Å². The molecule has 394 valence electrons. The van der Waals surface area contributed by atoms with Gasteiger partial charge < -0.3 is 27.2 Å². The molecule has 9 atom stereocenters. The van der Waals surface area contributed by atoms with Crippen LogP contribution >= 0.6 is 0 Å². The van der Waals surface area contributed by atoms with Crippen LogP contribution in [0.3, 0.4) is 0 Å². The number of rotatable bonds is 8. The van der Waals surface area contributed by atoms with Gasteiger partial charge in [0.15, 0.2) is 39.1 Å². The minimum Gasteiger partial charge on any atom is -0.459 e. The van der Waals surface area contributed by atoms with Crippen LogP contribution in [0.2, 0.25) is 72.5 Å². The number of ketones is 1. The number of hydrogen-bond acceptors (Lipinski definition) is 8. The summed E-state index contributed by atoms with van der Waals surface area (Å²) in [5.41, 5.74) is 1.98. The summed E-state index contributed by atoms with van der Waals surface area (Å²) >= 11 is 0. The maximum absolute atomic E-state index is 15.9. The van der Waals surface area contributed by atoms with Crippen molar-refractivity contribution in [2.24, 2.45) is 11.8 Å². The molecule has 2 aliphatic rings. The van der Waals surface area contributed by atoms with E-state index in [1.165, 1.54) is 0 Å². The maximum atomic E-state index is 15.9. The first-order valence-electron chi connectivity index (χ1n) is 26.2. The second-order valence-electron chi connectivity index (χ2n) is 27.6. The molecule has 0 saturated carbocycles. The summed E-state index contributed by atoms with van der Waals surface area (Å²) in [5.74, 6) is -0.156. The molecule has 0 aliphatic carbocycles. The number of fused-ring (bicyclic) bond motifs is 1. The van der Waals surface area contributed by atoms with Gasteiger partial charge in [-0.1, -0.05) is 133 Å². The highest BCUT2D eigenvalue weighted by atomic mass is 28.4. The fourth-order valence-electron chi connectivity index (χ4n) is 7.98. The Morgan fingerprint density at radius 2 is 1.19 bits per heavy atom. The number of carbonyl (C=O) groups is 2. The molecule has 68 heavy (non-hydrogen) atoms. The van der Waals surface area contributed by atoms with Crippen molar-refractivity contribution in [1.82, 2.24) is 0 Å². The minimum absolute atomic E-state index is 0.0110. The standard InChI is InChI=1S/C56H106O8Si4/c1-39-33-40(2)35-48-47(60-48)32-30-28-29-31-41(3)51(58)59-44(6)36-42(4)49(62-66(22,23)53(10,11)12)50(63-67(24,25)54(13,14)15)46(57)37-45(61-65(20,21)52(7,8)9)38-56(19,43(5)34-39)64-68(26,27)55(16,17)18/h30-32,34,40,42,44-45,47-50H,1,28-29,33,35-38H2,2-27H3/b32-30+,41-31+,43-34+/t40-,42-,44+,45-,47+,48+,49+,50+,56-/m1/s1. The molecule has 1 fully saturated rings. The van der Waals surface area contributed by atoms with Gasteiger partial charge in [0.1, 0.15) is 12.2 Å². The van der Waals surface area contributed by atoms with E-state index in [1.54, 1.807) is 0 Å². The molecule has 0 aromatic carbocycles. The fourth-order valence-corrected chi connectivity index (χ4v) is 13.7. The summed E-state index contributed by atoms with van der Waals surface area (Å²) in [6.45, 7) is 62.4. The number of hydrogen-bond donors (Lipinski definition) is 0. The molecular formula is C56H106O8Si4. The van der Waals surface area contributed by atoms with Crippen LogP contribution < -0.4 is 0 Å². The van der Waals surface area contributed by atoms with E-state index >= 15 is 4.79 Å². The smallest absolute Gasteiger partial charge is 0.333 e. The molecule has 0 spiro atoms. The first kappa shape index (κ1) is 62.9. The average molecular weight is 1020 g/mol. The maximum Gasteiger partial charge on any atom is 0.333 e. The van der Waals surface area contributed by atoms with E-state index in [-0.39, 0.29) is 56.5 Å². The van der Waals surface area contributed by atoms with E-state index in [0.29, 0.717) is 24.3 Å². The second-order valence-corrected chi connectivity index (χ2v) is 46.6. The molecule has 2 aliphatic heterocycles. The molecule has 0 N–H and O–H groups in total. The van der Waals surface area contributed by atoms with Crippen molar-refractivity contribution in [2.75, 3.05) is 0 Å². The Morgan fingerprint density at radius 1 is 0.691 bits per heavy atom. The molecule has 1 saturated heterocycles. The topological polar surface area (TPSA) is 92.8 Å². The number of allylic oxidation sites excluding steroid dienone is 4. The van der Waals surface area contributed by atoms with Gasteiger partial charge in [0.05, 0.1) is 30.0 Å². The van der Waals surface area contributed by atoms with E-state index in [9.17, 15) is 4.79 Å². The molecule has 2 heterocycles. The predicted octanol–water partition coefficient (Wildman–Crippen LogP) is 16.2. The molecule has 0 amide bonds. The van der Waals surface area contributed by atoms with Crippen molar-refractivity contribution in [3.63, 3.8) is 0 Å². The van der Waals surface area contributed by atoms with Crippen LogP contribution in [0.1, 0.15) is 170 Å². The zero-order valence-electron chi connectivity index (χ0n) is 48.9. The van der Waals surface area contributed by atoms with Crippen LogP contribution in [0, 0.1) is 11.8 Å². The summed E-state index contributed by atoms with van der Waals surface area (Å²) in [4.78, 5) is 29.5. The third kappa shape index (κ3) is 18.1. The largest absolute Gasteiger partial charge is 0.459 e. The Bertz CT molecular complexity index is 1800. The van der Waals surface area contributed by atoms with Gasteiger partial charge in [-0.2, -0.15) is 0 Å². The quantitative estimate of drug-likeness (QED) is 0.103. The van der Waals surface area contributed by atoms with Gasteiger partial charge in [0, 0.05) is 18.4 Å². The van der Waals surface area contributed by atoms with Crippen molar-refractivity contribution in [1.29, 1.82) is 0 Å². The van der Waals surface area contributed by atoms with Crippen LogP contribution in [0.15, 0.2) is 47.6 Å². The normalized spacial score (nSPS) is 31.8. The van der Waals surface area contributed by atoms with Crippen molar-refractivity contribution in [2.45, 2.75) is 284 Å². The number of cyclic esters (lactones) is 1. The first-order chi connectivity index (χ1) is 30.4. The zero-order valence-corrected chi connectivity index (χ0v) is 52.9. The number of epoxide rings is 1. The van der Waals surface area contributed by atoms with Gasteiger partial charge in [-0.3, -0.25) is 4.79 Å². The van der Waals surface area contributed by atoms with Gasteiger partial charge >= 0.3 is 5.97 Å². The number of carbonyl (C=O) groups excluding carboxylic acids is 2. The lowest BCUT2D eigenvalue weighted by molar-refractivity contribution is -0.146. The Balaban J connectivity index is 3.01. The fraction of sp³-hybridized carbons (Fsp3) is 0.821. The third-order valence-corrected chi connectivity index (χ3v) is 34.8. The Morgan fingerprint density at radius 3 is 1.71 bits per heavy atom. The van der Waals surface area contributed by atoms with Crippen LogP contribution in [0.4, 0.5) is 0 Å². The zero-order chi connectivity index (χ0) is 53.0. The van der Waals surface area contributed by atoms with Crippen LogP contribution in [0.25, 0.3) is 0 Å². The van der Waals surface area contributed by atoms with Crippen molar-refractivity contribution < 1.29 is 36.8 Å². The lowest BCUT2D eigenvalue weighted by atomic mass is 9.85. The molecular weight excluding hydrogens is 913 g/mol.